The largest absolute Gasteiger partial charge is 0.261 e. The van der Waals surface area contributed by atoms with Crippen molar-refractivity contribution in [2.45, 2.75) is 367 Å². The van der Waals surface area contributed by atoms with Crippen molar-refractivity contribution in [2.75, 3.05) is 0 Å². The second-order valence-corrected chi connectivity index (χ2v) is 40.3. The van der Waals surface area contributed by atoms with Gasteiger partial charge in [0, 0.05) is 100 Å². The fourth-order valence-electron chi connectivity index (χ4n) is 7.75. The average Bonchev–Trinajstić information content (AvgIpc) is 0.877. The van der Waals surface area contributed by atoms with Crippen molar-refractivity contribution in [1.29, 1.82) is 0 Å². The maximum Gasteiger partial charge on any atom is 0.156 e. The predicted molar refractivity (Wildman–Crippen MR) is 412 cm³/mol. The number of rotatable bonds is 0. The summed E-state index contributed by atoms with van der Waals surface area (Å²) in [5, 5.41) is 24.4. The molecule has 0 N–H and O–H groups in total. The zero-order valence-electron chi connectivity index (χ0n) is 70.1. The average molecular weight is 1350 g/mol. The second-order valence-electron chi connectivity index (χ2n) is 40.3. The van der Waals surface area contributed by atoms with E-state index in [0.717, 1.165) is 63.3 Å². The van der Waals surface area contributed by atoms with Crippen molar-refractivity contribution in [3.63, 3.8) is 0 Å². The Bertz CT molecular complexity index is 2670. The van der Waals surface area contributed by atoms with E-state index in [0.29, 0.717) is 0 Å². The lowest BCUT2D eigenvalue weighted by Gasteiger charge is -2.23. The molecule has 7 rings (SSSR count). The van der Waals surface area contributed by atoms with Gasteiger partial charge in [-0.25, -0.2) is 44.9 Å². The van der Waals surface area contributed by atoms with Crippen LogP contribution in [0.3, 0.4) is 0 Å². The van der Waals surface area contributed by atoms with Crippen LogP contribution in [0.25, 0.3) is 0 Å². The molecule has 0 radical (unpaired) electrons. The third-order valence-corrected chi connectivity index (χ3v) is 14.9. The molecule has 0 aliphatic carbocycles. The summed E-state index contributed by atoms with van der Waals surface area (Å²) in [7, 11) is 0. The van der Waals surface area contributed by atoms with Gasteiger partial charge in [-0.15, -0.1) is 10.2 Å². The number of nitrogens with zero attached hydrogens (tertiary/aromatic N) is 16. The van der Waals surface area contributed by atoms with Gasteiger partial charge in [-0.3, -0.25) is 4.98 Å². The number of hydrogen-bond acceptors (Lipinski definition) is 16. The highest BCUT2D eigenvalue weighted by molar-refractivity contribution is 5.28. The lowest BCUT2D eigenvalue weighted by molar-refractivity contribution is 0.495. The van der Waals surface area contributed by atoms with Crippen LogP contribution in [-0.2, 0) is 75.8 Å². The minimum Gasteiger partial charge on any atom is -0.261 e. The molecule has 0 atom stereocenters. The predicted octanol–water partition coefficient (Wildman–Crippen LogP) is 20.3. The van der Waals surface area contributed by atoms with Gasteiger partial charge in [0.15, 0.2) is 11.6 Å². The number of aromatic nitrogens is 16. The minimum absolute atomic E-state index is 0.0110. The van der Waals surface area contributed by atoms with E-state index < -0.39 is 0 Å². The molecule has 7 aromatic rings. The summed E-state index contributed by atoms with van der Waals surface area (Å²) in [6.07, 6.45) is 12.4. The van der Waals surface area contributed by atoms with Crippen LogP contribution in [0.15, 0.2) is 74.0 Å². The van der Waals surface area contributed by atoms with Gasteiger partial charge in [-0.2, -0.15) is 20.4 Å². The Morgan fingerprint density at radius 3 is 0.806 bits per heavy atom. The maximum absolute atomic E-state index is 4.60. The first kappa shape index (κ1) is 89.4. The first-order chi connectivity index (χ1) is 43.5. The minimum atomic E-state index is -0.0335. The summed E-state index contributed by atoms with van der Waals surface area (Å²) in [6, 6.07) is 10.6. The van der Waals surface area contributed by atoms with Crippen LogP contribution in [0.2, 0.25) is 0 Å². The third kappa shape index (κ3) is 32.2. The van der Waals surface area contributed by atoms with Crippen LogP contribution in [0.1, 0.15) is 371 Å². The fraction of sp³-hybridized carbons (Fsp3) is 0.683. The summed E-state index contributed by atoms with van der Waals surface area (Å²) in [5.74, 6) is 4.26. The van der Waals surface area contributed by atoms with Gasteiger partial charge in [0.2, 0.25) is 0 Å². The Morgan fingerprint density at radius 1 is 0.194 bits per heavy atom. The van der Waals surface area contributed by atoms with Crippen molar-refractivity contribution >= 4 is 0 Å². The first-order valence-electron chi connectivity index (χ1n) is 35.1. The van der Waals surface area contributed by atoms with Gasteiger partial charge in [0.25, 0.3) is 0 Å². The Hall–Kier alpha value is -6.58. The first-order valence-corrected chi connectivity index (χ1v) is 35.1. The molecule has 0 unspecified atom stereocenters. The van der Waals surface area contributed by atoms with Gasteiger partial charge >= 0.3 is 0 Å². The summed E-state index contributed by atoms with van der Waals surface area (Å²) < 4.78 is 0. The lowest BCUT2D eigenvalue weighted by Crippen LogP contribution is -2.22. The molecule has 0 amide bonds. The molecule has 0 aromatic carbocycles. The van der Waals surface area contributed by atoms with Gasteiger partial charge < -0.3 is 0 Å². The molecule has 546 valence electrons. The van der Waals surface area contributed by atoms with Crippen LogP contribution in [0.4, 0.5) is 0 Å². The van der Waals surface area contributed by atoms with E-state index >= 15 is 0 Å². The molecule has 16 nitrogen and oxygen atoms in total. The Morgan fingerprint density at radius 2 is 0.480 bits per heavy atom. The zero-order chi connectivity index (χ0) is 76.9. The van der Waals surface area contributed by atoms with E-state index in [1.807, 2.05) is 24.7 Å². The van der Waals surface area contributed by atoms with Crippen molar-refractivity contribution in [1.82, 2.24) is 80.4 Å². The highest BCUT2D eigenvalue weighted by Gasteiger charge is 2.28. The van der Waals surface area contributed by atoms with E-state index in [-0.39, 0.29) is 75.8 Å². The molecular formula is C82H138N16. The highest BCUT2D eigenvalue weighted by Crippen LogP contribution is 2.31. The van der Waals surface area contributed by atoms with Crippen molar-refractivity contribution in [3.05, 3.63) is 154 Å². The molecule has 0 aliphatic rings. The maximum atomic E-state index is 4.60. The van der Waals surface area contributed by atoms with E-state index in [2.05, 4.69) is 395 Å². The van der Waals surface area contributed by atoms with Crippen LogP contribution < -0.4 is 0 Å². The molecule has 0 aliphatic heterocycles. The SMILES string of the molecule is CC(C)(C)c1cc(C(C)(C)C)ncn1.CC(C)(C)c1ccnc(C(C)(C)C)c1.CC(C)(C)c1ccnc(C(C)(C)C)n1.CC(C)(C)c1cnnc(C(C)(C)C)c1.CC(C)(C)c1cnnc(C(C)(C)C)n1.CC(C)(C)c1cnnc(C(C)(C)C)n1.CC(C)(C)c1ncnc(C(C)(C)C)n1. The van der Waals surface area contributed by atoms with Gasteiger partial charge in [0.05, 0.1) is 35.7 Å². The normalized spacial score (nSPS) is 13.0. The highest BCUT2D eigenvalue weighted by atomic mass is 15.2. The molecular weight excluding hydrogens is 1210 g/mol. The molecule has 0 spiro atoms. The van der Waals surface area contributed by atoms with Crippen LogP contribution in [-0.4, -0.2) is 80.4 Å². The van der Waals surface area contributed by atoms with Crippen molar-refractivity contribution in [2.24, 2.45) is 0 Å². The van der Waals surface area contributed by atoms with Gasteiger partial charge in [0.1, 0.15) is 30.1 Å². The molecule has 98 heavy (non-hydrogen) atoms. The van der Waals surface area contributed by atoms with E-state index in [1.165, 1.54) is 16.8 Å². The quantitative estimate of drug-likeness (QED) is 0.138. The van der Waals surface area contributed by atoms with E-state index in [9.17, 15) is 0 Å². The van der Waals surface area contributed by atoms with Crippen LogP contribution in [0.5, 0.6) is 0 Å². The van der Waals surface area contributed by atoms with Crippen LogP contribution >= 0.6 is 0 Å². The van der Waals surface area contributed by atoms with E-state index in [1.54, 1.807) is 25.0 Å². The van der Waals surface area contributed by atoms with Crippen molar-refractivity contribution in [3.8, 4) is 0 Å². The summed E-state index contributed by atoms with van der Waals surface area (Å²) in [5.41, 5.74) is 11.1. The van der Waals surface area contributed by atoms with Gasteiger partial charge in [-0.05, 0) is 52.3 Å². The third-order valence-electron chi connectivity index (χ3n) is 14.9. The standard InChI is InChI=1S/C13H21N.3C12H20N2.3C11H19N3/c1-12(2,3)10-7-8-14-11(9-10)13(4,5)6;1-11(2,3)9-7-10(12(4,5)6)14-8-13-9;1-11(2,3)9-7-10(12(4,5)6)14-13-8-9;1-11(2,3)9-7-8-13-10(14-9)12(4,5)6;1-10(2,3)8-12-7-13-9(14-8)11(4,5)6;2*1-10(2,3)8-7-12-14-9(13-8)11(4,5)6/h7-9H,1-6H3;3*7-8H,1-6H3;3*7H,1-6H3. The fourth-order valence-corrected chi connectivity index (χ4v) is 7.75. The Balaban J connectivity index is 0.000000572. The Labute approximate surface area is 598 Å². The topological polar surface area (TPSA) is 206 Å². The number of hydrogen-bond donors (Lipinski definition) is 0. The number of pyridine rings is 1. The smallest absolute Gasteiger partial charge is 0.156 e. The molecule has 0 bridgehead atoms. The zero-order valence-corrected chi connectivity index (χ0v) is 70.1. The summed E-state index contributed by atoms with van der Waals surface area (Å²) in [6.45, 7) is 90.2. The van der Waals surface area contributed by atoms with E-state index in [4.69, 9.17) is 0 Å². The lowest BCUT2D eigenvalue weighted by atomic mass is 9.84. The molecule has 16 heteroatoms. The molecule has 0 saturated carbocycles. The molecule has 7 aromatic heterocycles. The van der Waals surface area contributed by atoms with Gasteiger partial charge in [-0.1, -0.05) is 291 Å². The van der Waals surface area contributed by atoms with Crippen LogP contribution in [0, 0.1) is 0 Å². The summed E-state index contributed by atoms with van der Waals surface area (Å²) in [4.78, 5) is 43.9. The second kappa shape index (κ2) is 33.3. The molecule has 0 fully saturated rings. The monoisotopic (exact) mass is 1350 g/mol. The molecule has 7 heterocycles. The van der Waals surface area contributed by atoms with Crippen molar-refractivity contribution < 1.29 is 0 Å². The summed E-state index contributed by atoms with van der Waals surface area (Å²) >= 11 is 0. The Kier molecular flexibility index (Phi) is 30.4. The molecule has 0 saturated heterocycles.